The van der Waals surface area contributed by atoms with E-state index in [4.69, 9.17) is 22.1 Å². The first-order chi connectivity index (χ1) is 15.0. The molecule has 2 amide bonds. The smallest absolute Gasteiger partial charge is 0.254 e. The summed E-state index contributed by atoms with van der Waals surface area (Å²) in [4.78, 5) is 29.7. The van der Waals surface area contributed by atoms with Crippen LogP contribution in [0, 0.1) is 0 Å². The molecule has 0 bridgehead atoms. The number of rotatable bonds is 6. The fourth-order valence-corrected chi connectivity index (χ4v) is 4.98. The van der Waals surface area contributed by atoms with Crippen molar-refractivity contribution < 1.29 is 14.3 Å². The third-order valence-electron chi connectivity index (χ3n) is 5.37. The number of amides is 2. The Morgan fingerprint density at radius 2 is 2.03 bits per heavy atom. The lowest BCUT2D eigenvalue weighted by molar-refractivity contribution is -0.119. The molecule has 2 atom stereocenters. The average molecular weight is 456 g/mol. The van der Waals surface area contributed by atoms with Crippen LogP contribution in [-0.2, 0) is 9.53 Å². The van der Waals surface area contributed by atoms with E-state index >= 15 is 0 Å². The Morgan fingerprint density at radius 3 is 2.77 bits per heavy atom. The van der Waals surface area contributed by atoms with Crippen molar-refractivity contribution in [3.05, 3.63) is 81.0 Å². The van der Waals surface area contributed by atoms with Crippen LogP contribution in [0.1, 0.15) is 32.8 Å². The van der Waals surface area contributed by atoms with Gasteiger partial charge < -0.3 is 20.7 Å². The molecule has 2 aromatic carbocycles. The maximum absolute atomic E-state index is 13.7. The van der Waals surface area contributed by atoms with Gasteiger partial charge in [-0.05, 0) is 41.3 Å². The lowest BCUT2D eigenvalue weighted by Gasteiger charge is -2.41. The summed E-state index contributed by atoms with van der Waals surface area (Å²) in [6.07, 6.45) is 0. The van der Waals surface area contributed by atoms with Crippen LogP contribution < -0.4 is 11.1 Å². The highest BCUT2D eigenvalue weighted by Crippen LogP contribution is 2.44. The van der Waals surface area contributed by atoms with Crippen LogP contribution in [0.15, 0.2) is 60.0 Å². The summed E-state index contributed by atoms with van der Waals surface area (Å²) >= 11 is 7.62. The van der Waals surface area contributed by atoms with Crippen molar-refractivity contribution in [2.75, 3.05) is 31.3 Å². The lowest BCUT2D eigenvalue weighted by atomic mass is 9.81. The van der Waals surface area contributed by atoms with Gasteiger partial charge in [0.1, 0.15) is 0 Å². The Bertz CT molecular complexity index is 1100. The summed E-state index contributed by atoms with van der Waals surface area (Å²) in [5.74, 6) is -0.991. The van der Waals surface area contributed by atoms with Crippen molar-refractivity contribution in [3.8, 4) is 0 Å². The van der Waals surface area contributed by atoms with E-state index in [2.05, 4.69) is 5.32 Å². The molecule has 0 saturated carbocycles. The average Bonchev–Trinajstić information content (AvgIpc) is 3.30. The molecule has 1 aliphatic rings. The zero-order valence-electron chi connectivity index (χ0n) is 16.9. The van der Waals surface area contributed by atoms with Crippen molar-refractivity contribution in [1.82, 2.24) is 4.90 Å². The minimum atomic E-state index is -0.622. The number of hydrogen-bond donors (Lipinski definition) is 2. The largest absolute Gasteiger partial charge is 0.397 e. The molecule has 1 aromatic heterocycles. The lowest BCUT2D eigenvalue weighted by Crippen LogP contribution is -2.47. The van der Waals surface area contributed by atoms with E-state index in [1.807, 2.05) is 29.6 Å². The van der Waals surface area contributed by atoms with E-state index in [1.165, 1.54) is 11.3 Å². The summed E-state index contributed by atoms with van der Waals surface area (Å²) in [6, 6.07) is 15.6. The fraction of sp³-hybridized carbons (Fsp3) is 0.217. The number of nitrogens with one attached hydrogen (secondary N) is 1. The molecular formula is C23H22ClN3O3S. The zero-order valence-corrected chi connectivity index (χ0v) is 18.5. The van der Waals surface area contributed by atoms with Gasteiger partial charge in [0.25, 0.3) is 5.91 Å². The van der Waals surface area contributed by atoms with Gasteiger partial charge in [0.05, 0.1) is 29.9 Å². The number of fused-ring (bicyclic) bond motifs is 1. The number of thiophene rings is 1. The van der Waals surface area contributed by atoms with E-state index < -0.39 is 12.0 Å². The van der Waals surface area contributed by atoms with Crippen molar-refractivity contribution in [3.63, 3.8) is 0 Å². The highest BCUT2D eigenvalue weighted by molar-refractivity contribution is 7.10. The third kappa shape index (κ3) is 4.17. The summed E-state index contributed by atoms with van der Waals surface area (Å²) in [7, 11) is 1.59. The number of carbonyl (C=O) groups excluding carboxylic acids is 2. The monoisotopic (exact) mass is 455 g/mol. The van der Waals surface area contributed by atoms with Gasteiger partial charge >= 0.3 is 0 Å². The number of carbonyl (C=O) groups is 2. The van der Waals surface area contributed by atoms with Gasteiger partial charge in [0.2, 0.25) is 5.91 Å². The molecule has 0 aliphatic carbocycles. The van der Waals surface area contributed by atoms with Gasteiger partial charge in [-0.15, -0.1) is 11.3 Å². The maximum Gasteiger partial charge on any atom is 0.254 e. The number of benzene rings is 2. The molecule has 160 valence electrons. The molecular weight excluding hydrogens is 434 g/mol. The normalized spacial score (nSPS) is 18.0. The standard InChI is InChI=1S/C23H22ClN3O3S/c1-30-11-10-27-21(19-7-4-12-31-19)20(15-5-2-3-6-16(15)23(27)29)22(28)26-18-13-14(24)8-9-17(18)25/h2-9,12-13,20-21H,10-11,25H2,1H3,(H,26,28). The minimum absolute atomic E-state index is 0.114. The first kappa shape index (κ1) is 21.4. The number of anilines is 2. The van der Waals surface area contributed by atoms with Crippen LogP contribution in [0.2, 0.25) is 5.02 Å². The van der Waals surface area contributed by atoms with E-state index in [-0.39, 0.29) is 11.8 Å². The molecule has 3 aromatic rings. The van der Waals surface area contributed by atoms with Crippen LogP contribution in [0.5, 0.6) is 0 Å². The number of nitrogens with zero attached hydrogens (tertiary/aromatic N) is 1. The fourth-order valence-electron chi connectivity index (χ4n) is 3.93. The van der Waals surface area contributed by atoms with Crippen LogP contribution >= 0.6 is 22.9 Å². The number of nitrogens with two attached hydrogens (primary N) is 1. The first-order valence-corrected chi connectivity index (χ1v) is 11.0. The van der Waals surface area contributed by atoms with Gasteiger partial charge in [0.15, 0.2) is 0 Å². The summed E-state index contributed by atoms with van der Waals surface area (Å²) in [5.41, 5.74) is 8.13. The van der Waals surface area contributed by atoms with Crippen molar-refractivity contribution in [2.45, 2.75) is 12.0 Å². The molecule has 3 N–H and O–H groups in total. The molecule has 0 fully saturated rings. The SMILES string of the molecule is COCCN1C(=O)c2ccccc2C(C(=O)Nc2cc(Cl)ccc2N)C1c1cccs1. The number of hydrogen-bond acceptors (Lipinski definition) is 5. The molecule has 6 nitrogen and oxygen atoms in total. The topological polar surface area (TPSA) is 84.7 Å². The second-order valence-corrected chi connectivity index (χ2v) is 8.65. The number of methoxy groups -OCH3 is 1. The number of halogens is 1. The predicted molar refractivity (Wildman–Crippen MR) is 124 cm³/mol. The predicted octanol–water partition coefficient (Wildman–Crippen LogP) is 4.55. The molecule has 0 spiro atoms. The molecule has 8 heteroatoms. The summed E-state index contributed by atoms with van der Waals surface area (Å²) in [5, 5.41) is 5.35. The zero-order chi connectivity index (χ0) is 22.0. The third-order valence-corrected chi connectivity index (χ3v) is 6.54. The van der Waals surface area contributed by atoms with Crippen molar-refractivity contribution in [2.24, 2.45) is 0 Å². The Hall–Kier alpha value is -2.87. The van der Waals surface area contributed by atoms with Gasteiger partial charge in [-0.25, -0.2) is 0 Å². The maximum atomic E-state index is 13.7. The first-order valence-electron chi connectivity index (χ1n) is 9.79. The van der Waals surface area contributed by atoms with Crippen LogP contribution in [0.25, 0.3) is 0 Å². The highest BCUT2D eigenvalue weighted by atomic mass is 35.5. The number of ether oxygens (including phenoxy) is 1. The van der Waals surface area contributed by atoms with E-state index in [1.54, 1.807) is 42.3 Å². The molecule has 2 heterocycles. The molecule has 1 aliphatic heterocycles. The summed E-state index contributed by atoms with van der Waals surface area (Å²) < 4.78 is 5.24. The Morgan fingerprint density at radius 1 is 1.23 bits per heavy atom. The van der Waals surface area contributed by atoms with Crippen LogP contribution in [0.3, 0.4) is 0 Å². The van der Waals surface area contributed by atoms with Crippen molar-refractivity contribution >= 4 is 46.1 Å². The van der Waals surface area contributed by atoms with E-state index in [0.29, 0.717) is 40.7 Å². The minimum Gasteiger partial charge on any atom is -0.397 e. The van der Waals surface area contributed by atoms with Crippen LogP contribution in [0.4, 0.5) is 11.4 Å². The molecule has 31 heavy (non-hydrogen) atoms. The summed E-state index contributed by atoms with van der Waals surface area (Å²) in [6.45, 7) is 0.737. The highest BCUT2D eigenvalue weighted by Gasteiger charge is 2.44. The van der Waals surface area contributed by atoms with E-state index in [9.17, 15) is 9.59 Å². The van der Waals surface area contributed by atoms with Gasteiger partial charge in [-0.1, -0.05) is 35.9 Å². The molecule has 4 rings (SSSR count). The molecule has 0 saturated heterocycles. The number of nitrogen functional groups attached to an aromatic ring is 1. The molecule has 0 radical (unpaired) electrons. The Kier molecular flexibility index (Phi) is 6.27. The van der Waals surface area contributed by atoms with Crippen molar-refractivity contribution in [1.29, 1.82) is 0 Å². The van der Waals surface area contributed by atoms with Gasteiger partial charge in [-0.3, -0.25) is 9.59 Å². The molecule has 2 unspecified atom stereocenters. The Balaban J connectivity index is 1.81. The van der Waals surface area contributed by atoms with Gasteiger partial charge in [-0.2, -0.15) is 0 Å². The second-order valence-electron chi connectivity index (χ2n) is 7.24. The van der Waals surface area contributed by atoms with E-state index in [0.717, 1.165) is 4.88 Å². The second kappa shape index (κ2) is 9.09. The quantitative estimate of drug-likeness (QED) is 0.534. The Labute approximate surface area is 189 Å². The van der Waals surface area contributed by atoms with Gasteiger partial charge in [0, 0.05) is 29.1 Å². The van der Waals surface area contributed by atoms with Crippen LogP contribution in [-0.4, -0.2) is 37.0 Å².